The third-order valence-corrected chi connectivity index (χ3v) is 5.49. The molecule has 0 saturated heterocycles. The highest BCUT2D eigenvalue weighted by atomic mass is 32.2. The van der Waals surface area contributed by atoms with Gasteiger partial charge in [-0.3, -0.25) is 4.79 Å². The number of hydrogen-bond donors (Lipinski definition) is 3. The molecule has 7 nitrogen and oxygen atoms in total. The fourth-order valence-corrected chi connectivity index (χ4v) is 3.40. The van der Waals surface area contributed by atoms with Gasteiger partial charge in [-0.2, -0.15) is 0 Å². The third kappa shape index (κ3) is 8.65. The van der Waals surface area contributed by atoms with Crippen molar-refractivity contribution in [1.29, 1.82) is 0 Å². The van der Waals surface area contributed by atoms with Crippen molar-refractivity contribution in [3.8, 4) is 0 Å². The lowest BCUT2D eigenvalue weighted by molar-refractivity contribution is -0.119. The fourth-order valence-electron chi connectivity index (χ4n) is 2.77. The van der Waals surface area contributed by atoms with Gasteiger partial charge in [0, 0.05) is 25.9 Å². The number of sulfone groups is 1. The summed E-state index contributed by atoms with van der Waals surface area (Å²) in [4.78, 5) is 16.7. The summed E-state index contributed by atoms with van der Waals surface area (Å²) < 4.78 is 23.0. The van der Waals surface area contributed by atoms with Crippen LogP contribution in [0, 0.1) is 0 Å². The zero-order valence-electron chi connectivity index (χ0n) is 17.5. The molecule has 0 aliphatic carbocycles. The van der Waals surface area contributed by atoms with Crippen LogP contribution >= 0.6 is 0 Å². The van der Waals surface area contributed by atoms with Crippen molar-refractivity contribution in [2.45, 2.75) is 24.7 Å². The Kier molecular flexibility index (Phi) is 9.34. The maximum absolute atomic E-state index is 12.0. The molecule has 0 spiro atoms. The molecule has 8 heteroatoms. The molecule has 1 amide bonds. The van der Waals surface area contributed by atoms with Gasteiger partial charge in [0.2, 0.25) is 5.91 Å². The maximum atomic E-state index is 12.0. The molecule has 0 heterocycles. The van der Waals surface area contributed by atoms with E-state index in [1.165, 1.54) is 11.8 Å². The Morgan fingerprint density at radius 1 is 0.867 bits per heavy atom. The average Bonchev–Trinajstić information content (AvgIpc) is 2.72. The number of nitrogens with one attached hydrogen (secondary N) is 3. The van der Waals surface area contributed by atoms with E-state index in [9.17, 15) is 13.2 Å². The van der Waals surface area contributed by atoms with E-state index in [1.807, 2.05) is 49.4 Å². The quantitative estimate of drug-likeness (QED) is 0.392. The van der Waals surface area contributed by atoms with Crippen molar-refractivity contribution in [3.63, 3.8) is 0 Å². The molecule has 0 radical (unpaired) electrons. The topological polar surface area (TPSA) is 99.7 Å². The summed E-state index contributed by atoms with van der Waals surface area (Å²) >= 11 is 0. The number of guanidine groups is 1. The predicted octanol–water partition coefficient (Wildman–Crippen LogP) is 1.55. The molecule has 0 saturated carbocycles. The van der Waals surface area contributed by atoms with Crippen molar-refractivity contribution in [1.82, 2.24) is 16.0 Å². The van der Waals surface area contributed by atoms with Crippen molar-refractivity contribution >= 4 is 21.7 Å². The molecule has 2 aromatic carbocycles. The zero-order valence-corrected chi connectivity index (χ0v) is 18.3. The van der Waals surface area contributed by atoms with Crippen LogP contribution in [0.15, 0.2) is 64.5 Å². The number of aliphatic imine (C=N–C) groups is 1. The summed E-state index contributed by atoms with van der Waals surface area (Å²) in [7, 11) is -3.18. The van der Waals surface area contributed by atoms with Crippen LogP contribution in [0.1, 0.15) is 18.1 Å². The van der Waals surface area contributed by atoms with Gasteiger partial charge in [0.15, 0.2) is 15.8 Å². The minimum absolute atomic E-state index is 0.0488. The van der Waals surface area contributed by atoms with Crippen LogP contribution in [0.3, 0.4) is 0 Å². The molecule has 0 unspecified atom stereocenters. The third-order valence-electron chi connectivity index (χ3n) is 4.36. The molecule has 0 aromatic heterocycles. The number of hydrogen-bond acceptors (Lipinski definition) is 4. The van der Waals surface area contributed by atoms with Gasteiger partial charge in [0.25, 0.3) is 0 Å². The molecule has 0 bridgehead atoms. The summed E-state index contributed by atoms with van der Waals surface area (Å²) in [5.74, 6) is 0.447. The predicted molar refractivity (Wildman–Crippen MR) is 120 cm³/mol. The van der Waals surface area contributed by atoms with Crippen LogP contribution in [0.2, 0.25) is 0 Å². The minimum Gasteiger partial charge on any atom is -0.357 e. The first kappa shape index (κ1) is 23.4. The van der Waals surface area contributed by atoms with Gasteiger partial charge in [-0.25, -0.2) is 13.4 Å². The first-order chi connectivity index (χ1) is 14.4. The Hall–Kier alpha value is -2.87. The van der Waals surface area contributed by atoms with Crippen molar-refractivity contribution < 1.29 is 13.2 Å². The van der Waals surface area contributed by atoms with Crippen molar-refractivity contribution in [2.24, 2.45) is 4.99 Å². The van der Waals surface area contributed by atoms with Gasteiger partial charge in [0.1, 0.15) is 6.54 Å². The molecular formula is C22H30N4O3S. The van der Waals surface area contributed by atoms with E-state index in [2.05, 4.69) is 20.9 Å². The monoisotopic (exact) mass is 430 g/mol. The molecule has 0 aliphatic heterocycles. The second kappa shape index (κ2) is 12.0. The lowest BCUT2D eigenvalue weighted by Crippen LogP contribution is -2.39. The first-order valence-corrected chi connectivity index (χ1v) is 11.9. The van der Waals surface area contributed by atoms with Gasteiger partial charge < -0.3 is 16.0 Å². The second-order valence-electron chi connectivity index (χ2n) is 6.87. The van der Waals surface area contributed by atoms with Gasteiger partial charge in [-0.15, -0.1) is 0 Å². The Morgan fingerprint density at radius 2 is 1.47 bits per heavy atom. The largest absolute Gasteiger partial charge is 0.357 e. The van der Waals surface area contributed by atoms with Crippen molar-refractivity contribution in [2.75, 3.05) is 32.4 Å². The number of amides is 1. The number of benzene rings is 2. The van der Waals surface area contributed by atoms with Crippen LogP contribution in [0.25, 0.3) is 0 Å². The summed E-state index contributed by atoms with van der Waals surface area (Å²) in [5, 5.41) is 9.18. The lowest BCUT2D eigenvalue weighted by Gasteiger charge is -2.11. The lowest BCUT2D eigenvalue weighted by atomic mass is 10.1. The Labute approximate surface area is 178 Å². The van der Waals surface area contributed by atoms with Crippen LogP contribution in [0.5, 0.6) is 0 Å². The summed E-state index contributed by atoms with van der Waals surface area (Å²) in [6, 6.07) is 16.8. The maximum Gasteiger partial charge on any atom is 0.241 e. The molecule has 2 aromatic rings. The van der Waals surface area contributed by atoms with Gasteiger partial charge >= 0.3 is 0 Å². The Balaban J connectivity index is 1.75. The number of carbonyl (C=O) groups excluding carboxylic acids is 1. The smallest absolute Gasteiger partial charge is 0.241 e. The highest BCUT2D eigenvalue weighted by molar-refractivity contribution is 7.90. The van der Waals surface area contributed by atoms with E-state index in [-0.39, 0.29) is 12.5 Å². The molecule has 2 rings (SSSR count). The van der Waals surface area contributed by atoms with Gasteiger partial charge in [-0.1, -0.05) is 42.5 Å². The van der Waals surface area contributed by atoms with E-state index in [0.29, 0.717) is 36.9 Å². The minimum atomic E-state index is -3.18. The molecule has 162 valence electrons. The highest BCUT2D eigenvalue weighted by Gasteiger charge is 2.06. The number of nitrogens with zero attached hydrogens (tertiary/aromatic N) is 1. The Morgan fingerprint density at radius 3 is 2.07 bits per heavy atom. The molecule has 0 atom stereocenters. The van der Waals surface area contributed by atoms with Crippen LogP contribution < -0.4 is 16.0 Å². The summed E-state index contributed by atoms with van der Waals surface area (Å²) in [5.41, 5.74) is 2.20. The van der Waals surface area contributed by atoms with Gasteiger partial charge in [-0.05, 0) is 43.0 Å². The molecule has 3 N–H and O–H groups in total. The molecule has 0 aliphatic rings. The highest BCUT2D eigenvalue weighted by Crippen LogP contribution is 2.10. The SMILES string of the molecule is CCNC(=NCC(=O)NCCc1ccccc1)NCCc1ccc(S(C)(=O)=O)cc1. The van der Waals surface area contributed by atoms with Crippen molar-refractivity contribution in [3.05, 3.63) is 65.7 Å². The number of carbonyl (C=O) groups is 1. The van der Waals surface area contributed by atoms with Crippen LogP contribution in [0.4, 0.5) is 0 Å². The van der Waals surface area contributed by atoms with E-state index in [4.69, 9.17) is 0 Å². The molecule has 30 heavy (non-hydrogen) atoms. The standard InChI is InChI=1S/C22H30N4O3S/c1-3-23-22(25-16-14-19-9-11-20(12-10-19)30(2,28)29)26-17-21(27)24-15-13-18-7-5-4-6-8-18/h4-12H,3,13-17H2,1-2H3,(H,24,27)(H2,23,25,26). The first-order valence-electron chi connectivity index (χ1n) is 10.0. The van der Waals surface area contributed by atoms with Crippen LogP contribution in [-0.4, -0.2) is 52.7 Å². The van der Waals surface area contributed by atoms with E-state index < -0.39 is 9.84 Å². The second-order valence-corrected chi connectivity index (χ2v) is 8.89. The zero-order chi connectivity index (χ0) is 21.8. The molecular weight excluding hydrogens is 400 g/mol. The summed E-state index contributed by atoms with van der Waals surface area (Å²) in [6.07, 6.45) is 2.69. The fraction of sp³-hybridized carbons (Fsp3) is 0.364. The normalized spacial score (nSPS) is 11.7. The number of rotatable bonds is 10. The van der Waals surface area contributed by atoms with Crippen LogP contribution in [-0.2, 0) is 27.5 Å². The van der Waals surface area contributed by atoms with E-state index in [1.54, 1.807) is 12.1 Å². The Bertz CT molecular complexity index is 927. The molecule has 0 fully saturated rings. The van der Waals surface area contributed by atoms with E-state index >= 15 is 0 Å². The average molecular weight is 431 g/mol. The summed E-state index contributed by atoms with van der Waals surface area (Å²) in [6.45, 7) is 3.88. The van der Waals surface area contributed by atoms with Gasteiger partial charge in [0.05, 0.1) is 4.90 Å². The van der Waals surface area contributed by atoms with E-state index in [0.717, 1.165) is 12.0 Å².